The van der Waals surface area contributed by atoms with Gasteiger partial charge in [0.15, 0.2) is 10.9 Å². The molecule has 0 aliphatic heterocycles. The highest BCUT2D eigenvalue weighted by Crippen LogP contribution is 2.15. The largest absolute Gasteiger partial charge is 0.331 e. The molecule has 0 aliphatic carbocycles. The fourth-order valence-corrected chi connectivity index (χ4v) is 2.75. The monoisotopic (exact) mass is 438 g/mol. The lowest BCUT2D eigenvalue weighted by Crippen LogP contribution is -2.44. The summed E-state index contributed by atoms with van der Waals surface area (Å²) >= 11 is 8.79. The first-order valence-electron chi connectivity index (χ1n) is 8.39. The van der Waals surface area contributed by atoms with Crippen molar-refractivity contribution >= 4 is 50.5 Å². The number of aryl methyl sites for hydroxylation is 1. The Morgan fingerprint density at radius 2 is 1.52 bits per heavy atom. The third-order valence-electron chi connectivity index (χ3n) is 3.72. The van der Waals surface area contributed by atoms with Gasteiger partial charge in [-0.15, -0.1) is 0 Å². The lowest BCUT2D eigenvalue weighted by Gasteiger charge is -2.15. The Morgan fingerprint density at radius 3 is 2.19 bits per heavy atom. The number of hydrogen-bond acceptors (Lipinski definition) is 2. The number of halogens is 1. The average Bonchev–Trinajstić information content (AvgIpc) is 2.69. The van der Waals surface area contributed by atoms with Crippen LogP contribution in [0.2, 0.25) is 0 Å². The maximum Gasteiger partial charge on any atom is 0.189 e. The Kier molecular flexibility index (Phi) is 6.57. The second-order valence-corrected chi connectivity index (χ2v) is 7.20. The molecule has 0 heterocycles. The summed E-state index contributed by atoms with van der Waals surface area (Å²) < 4.78 is 1.02. The maximum absolute atomic E-state index is 5.37. The van der Waals surface area contributed by atoms with E-state index in [1.165, 1.54) is 5.56 Å². The summed E-state index contributed by atoms with van der Waals surface area (Å²) in [5, 5.41) is 3.58. The van der Waals surface area contributed by atoms with Gasteiger partial charge in [-0.1, -0.05) is 64.0 Å². The molecule has 0 saturated carbocycles. The number of benzene rings is 3. The molecular formula is C21H19BrN4S. The van der Waals surface area contributed by atoms with Crippen LogP contribution in [0.25, 0.3) is 0 Å². The van der Waals surface area contributed by atoms with E-state index in [-0.39, 0.29) is 0 Å². The number of nitrogens with one attached hydrogen (secondary N) is 3. The zero-order valence-electron chi connectivity index (χ0n) is 14.7. The highest BCUT2D eigenvalue weighted by atomic mass is 79.9. The van der Waals surface area contributed by atoms with Crippen LogP contribution in [-0.2, 0) is 0 Å². The molecule has 27 heavy (non-hydrogen) atoms. The Balaban J connectivity index is 1.72. The molecule has 0 aliphatic rings. The number of thiocarbonyl (C=S) groups is 1. The van der Waals surface area contributed by atoms with E-state index in [0.29, 0.717) is 10.9 Å². The molecule has 3 rings (SSSR count). The molecule has 0 radical (unpaired) electrons. The number of hydrogen-bond donors (Lipinski definition) is 3. The fraction of sp³-hybridized carbons (Fsp3) is 0.0476. The van der Waals surface area contributed by atoms with E-state index in [2.05, 4.69) is 39.0 Å². The highest BCUT2D eigenvalue weighted by Gasteiger charge is 2.05. The summed E-state index contributed by atoms with van der Waals surface area (Å²) in [7, 11) is 0. The number of hydrazine groups is 1. The van der Waals surface area contributed by atoms with Crippen LogP contribution < -0.4 is 16.2 Å². The third-order valence-corrected chi connectivity index (χ3v) is 4.45. The lowest BCUT2D eigenvalue weighted by atomic mass is 10.2. The molecule has 0 atom stereocenters. The van der Waals surface area contributed by atoms with E-state index in [1.807, 2.05) is 78.9 Å². The number of amidine groups is 1. The molecule has 136 valence electrons. The van der Waals surface area contributed by atoms with Crippen LogP contribution >= 0.6 is 28.1 Å². The predicted molar refractivity (Wildman–Crippen MR) is 120 cm³/mol. The van der Waals surface area contributed by atoms with Gasteiger partial charge in [0.1, 0.15) is 0 Å². The van der Waals surface area contributed by atoms with Crippen molar-refractivity contribution in [3.05, 3.63) is 94.5 Å². The Bertz CT molecular complexity index is 923. The maximum atomic E-state index is 5.37. The summed E-state index contributed by atoms with van der Waals surface area (Å²) in [6.45, 7) is 2.05. The molecule has 0 spiro atoms. The van der Waals surface area contributed by atoms with Gasteiger partial charge in [-0.05, 0) is 55.5 Å². The molecule has 3 aromatic rings. The van der Waals surface area contributed by atoms with Crippen molar-refractivity contribution in [3.8, 4) is 0 Å². The van der Waals surface area contributed by atoms with Gasteiger partial charge >= 0.3 is 0 Å². The molecule has 3 aromatic carbocycles. The van der Waals surface area contributed by atoms with Crippen LogP contribution in [-0.4, -0.2) is 10.9 Å². The van der Waals surface area contributed by atoms with Crippen molar-refractivity contribution in [2.24, 2.45) is 4.99 Å². The lowest BCUT2D eigenvalue weighted by molar-refractivity contribution is 0.874. The van der Waals surface area contributed by atoms with Crippen LogP contribution in [0.1, 0.15) is 11.1 Å². The molecule has 6 heteroatoms. The molecule has 0 saturated heterocycles. The fourth-order valence-electron chi connectivity index (χ4n) is 2.32. The first-order valence-corrected chi connectivity index (χ1v) is 9.59. The predicted octanol–water partition coefficient (Wildman–Crippen LogP) is 5.33. The van der Waals surface area contributed by atoms with Crippen molar-refractivity contribution in [3.63, 3.8) is 0 Å². The SMILES string of the molecule is Cc1ccc(N=C(NNC(=S)Nc2ccc(Br)cc2)c2ccccc2)cc1. The van der Waals surface area contributed by atoms with Gasteiger partial charge in [-0.3, -0.25) is 10.9 Å². The van der Waals surface area contributed by atoms with E-state index in [4.69, 9.17) is 17.2 Å². The van der Waals surface area contributed by atoms with Crippen molar-refractivity contribution in [1.82, 2.24) is 10.9 Å². The first-order chi connectivity index (χ1) is 13.1. The molecule has 0 fully saturated rings. The van der Waals surface area contributed by atoms with Crippen LogP contribution in [0.15, 0.2) is 88.3 Å². The van der Waals surface area contributed by atoms with Crippen LogP contribution in [0.5, 0.6) is 0 Å². The highest BCUT2D eigenvalue weighted by molar-refractivity contribution is 9.10. The summed E-state index contributed by atoms with van der Waals surface area (Å²) in [5.41, 5.74) is 10.0. The summed E-state index contributed by atoms with van der Waals surface area (Å²) in [4.78, 5) is 4.71. The molecular weight excluding hydrogens is 420 g/mol. The Labute approximate surface area is 172 Å². The van der Waals surface area contributed by atoms with Gasteiger partial charge in [0.05, 0.1) is 5.69 Å². The van der Waals surface area contributed by atoms with Crippen molar-refractivity contribution in [2.75, 3.05) is 5.32 Å². The number of nitrogens with zero attached hydrogens (tertiary/aromatic N) is 1. The second kappa shape index (κ2) is 9.30. The molecule has 0 bridgehead atoms. The van der Waals surface area contributed by atoms with Gasteiger partial charge in [0.2, 0.25) is 0 Å². The van der Waals surface area contributed by atoms with E-state index in [0.717, 1.165) is 21.4 Å². The number of rotatable bonds is 3. The molecule has 0 unspecified atom stereocenters. The van der Waals surface area contributed by atoms with Gasteiger partial charge < -0.3 is 5.32 Å². The van der Waals surface area contributed by atoms with E-state index < -0.39 is 0 Å². The standard InChI is InChI=1S/C21H19BrN4S/c1-15-7-11-18(12-8-15)23-20(16-5-3-2-4-6-16)25-26-21(27)24-19-13-9-17(22)10-14-19/h2-14H,1H3,(H,23,25)(H2,24,26,27). The van der Waals surface area contributed by atoms with Gasteiger partial charge in [0.25, 0.3) is 0 Å². The van der Waals surface area contributed by atoms with E-state index in [1.54, 1.807) is 0 Å². The first kappa shape index (κ1) is 19.1. The molecule has 3 N–H and O–H groups in total. The van der Waals surface area contributed by atoms with Crippen LogP contribution in [0.4, 0.5) is 11.4 Å². The van der Waals surface area contributed by atoms with Crippen molar-refractivity contribution in [1.29, 1.82) is 0 Å². The van der Waals surface area contributed by atoms with Crippen LogP contribution in [0.3, 0.4) is 0 Å². The van der Waals surface area contributed by atoms with Gasteiger partial charge in [-0.25, -0.2) is 4.99 Å². The smallest absolute Gasteiger partial charge is 0.189 e. The summed E-state index contributed by atoms with van der Waals surface area (Å²) in [6, 6.07) is 25.7. The number of anilines is 1. The van der Waals surface area contributed by atoms with Crippen molar-refractivity contribution < 1.29 is 0 Å². The molecule has 4 nitrogen and oxygen atoms in total. The zero-order chi connectivity index (χ0) is 19.1. The van der Waals surface area contributed by atoms with Gasteiger partial charge in [-0.2, -0.15) is 0 Å². The normalized spacial score (nSPS) is 11.0. The minimum absolute atomic E-state index is 0.449. The number of aliphatic imine (C=N–C) groups is 1. The van der Waals surface area contributed by atoms with E-state index >= 15 is 0 Å². The minimum Gasteiger partial charge on any atom is -0.331 e. The Hall–Kier alpha value is -2.70. The minimum atomic E-state index is 0.449. The molecule has 0 aromatic heterocycles. The Morgan fingerprint density at radius 1 is 0.852 bits per heavy atom. The van der Waals surface area contributed by atoms with Crippen molar-refractivity contribution in [2.45, 2.75) is 6.92 Å². The summed E-state index contributed by atoms with van der Waals surface area (Å²) in [6.07, 6.45) is 0. The van der Waals surface area contributed by atoms with Crippen LogP contribution in [0, 0.1) is 6.92 Å². The molecule has 0 amide bonds. The zero-order valence-corrected chi connectivity index (χ0v) is 17.1. The summed E-state index contributed by atoms with van der Waals surface area (Å²) in [5.74, 6) is 0.680. The second-order valence-electron chi connectivity index (χ2n) is 5.87. The van der Waals surface area contributed by atoms with E-state index in [9.17, 15) is 0 Å². The topological polar surface area (TPSA) is 48.5 Å². The quantitative estimate of drug-likeness (QED) is 0.224. The average molecular weight is 439 g/mol. The van der Waals surface area contributed by atoms with Gasteiger partial charge in [0, 0.05) is 15.7 Å². The third kappa shape index (κ3) is 5.91.